The van der Waals surface area contributed by atoms with Crippen LogP contribution in [0.15, 0.2) is 41.9 Å². The minimum atomic E-state index is -0.544. The van der Waals surface area contributed by atoms with Crippen molar-refractivity contribution < 1.29 is 15.0 Å². The topological polar surface area (TPSA) is 82.5 Å². The van der Waals surface area contributed by atoms with Crippen molar-refractivity contribution in [2.45, 2.75) is 19.9 Å². The molecule has 2 heterocycles. The molecule has 1 amide bonds. The molecule has 3 rings (SSSR count). The predicted molar refractivity (Wildman–Crippen MR) is 94.2 cm³/mol. The minimum absolute atomic E-state index is 0.0197. The molecular formula is C18H18N2O3S. The third-order valence-corrected chi connectivity index (χ3v) is 4.76. The second kappa shape index (κ2) is 6.49. The molecule has 124 valence electrons. The molecule has 5 nitrogen and oxygen atoms in total. The second-order valence-corrected chi connectivity index (χ2v) is 6.82. The highest BCUT2D eigenvalue weighted by Gasteiger charge is 2.25. The second-order valence-electron chi connectivity index (χ2n) is 5.84. The lowest BCUT2D eigenvalue weighted by atomic mass is 10.00. The largest absolute Gasteiger partial charge is 0.507 e. The summed E-state index contributed by atoms with van der Waals surface area (Å²) >= 11 is 1.47. The van der Waals surface area contributed by atoms with Crippen molar-refractivity contribution in [3.05, 3.63) is 52.3 Å². The van der Waals surface area contributed by atoms with Gasteiger partial charge in [-0.2, -0.15) is 0 Å². The summed E-state index contributed by atoms with van der Waals surface area (Å²) in [5.74, 6) is -0.340. The van der Waals surface area contributed by atoms with Crippen LogP contribution < -0.4 is 5.32 Å². The van der Waals surface area contributed by atoms with Gasteiger partial charge < -0.3 is 15.5 Å². The Morgan fingerprint density at radius 2 is 2.04 bits per heavy atom. The molecule has 1 unspecified atom stereocenters. The first-order chi connectivity index (χ1) is 11.5. The molecule has 24 heavy (non-hydrogen) atoms. The fourth-order valence-electron chi connectivity index (χ4n) is 2.52. The smallest absolute Gasteiger partial charge is 0.223 e. The Morgan fingerprint density at radius 1 is 1.25 bits per heavy atom. The highest BCUT2D eigenvalue weighted by molar-refractivity contribution is 7.10. The van der Waals surface area contributed by atoms with Gasteiger partial charge in [-0.1, -0.05) is 19.9 Å². The lowest BCUT2D eigenvalue weighted by molar-refractivity contribution is -0.124. The van der Waals surface area contributed by atoms with Crippen molar-refractivity contribution in [2.24, 2.45) is 5.92 Å². The predicted octanol–water partition coefficient (Wildman–Crippen LogP) is 3.57. The molecular weight excluding hydrogens is 324 g/mol. The van der Waals surface area contributed by atoms with E-state index in [0.29, 0.717) is 16.5 Å². The third-order valence-electron chi connectivity index (χ3n) is 3.82. The van der Waals surface area contributed by atoms with E-state index in [1.165, 1.54) is 17.4 Å². The van der Waals surface area contributed by atoms with Gasteiger partial charge in [-0.05, 0) is 29.6 Å². The number of thiophene rings is 1. The van der Waals surface area contributed by atoms with Gasteiger partial charge in [0, 0.05) is 27.9 Å². The first kappa shape index (κ1) is 16.3. The van der Waals surface area contributed by atoms with Crippen LogP contribution in [-0.4, -0.2) is 21.1 Å². The van der Waals surface area contributed by atoms with Gasteiger partial charge in [0.15, 0.2) is 0 Å². The number of phenols is 2. The number of nitrogens with one attached hydrogen (secondary N) is 1. The van der Waals surface area contributed by atoms with Gasteiger partial charge >= 0.3 is 0 Å². The average Bonchev–Trinajstić information content (AvgIpc) is 3.10. The number of carbonyl (C=O) groups is 1. The van der Waals surface area contributed by atoms with Crippen LogP contribution >= 0.6 is 11.3 Å². The third kappa shape index (κ3) is 2.92. The molecule has 6 heteroatoms. The Kier molecular flexibility index (Phi) is 4.40. The summed E-state index contributed by atoms with van der Waals surface area (Å²) in [7, 11) is 0. The van der Waals surface area contributed by atoms with Crippen LogP contribution in [0.4, 0.5) is 0 Å². The number of fused-ring (bicyclic) bond motifs is 1. The zero-order valence-corrected chi connectivity index (χ0v) is 14.2. The van der Waals surface area contributed by atoms with Crippen LogP contribution in [0.1, 0.15) is 30.3 Å². The number of aromatic hydroxyl groups is 2. The van der Waals surface area contributed by atoms with Gasteiger partial charge in [0.1, 0.15) is 17.0 Å². The summed E-state index contributed by atoms with van der Waals surface area (Å²) in [6.45, 7) is 3.61. The Bertz CT molecular complexity index is 875. The Balaban J connectivity index is 2.16. The van der Waals surface area contributed by atoms with Gasteiger partial charge in [0.2, 0.25) is 5.91 Å². The first-order valence-electron chi connectivity index (χ1n) is 7.62. The number of hydrogen-bond acceptors (Lipinski definition) is 5. The molecule has 0 fully saturated rings. The molecule has 1 atom stereocenters. The van der Waals surface area contributed by atoms with Crippen LogP contribution in [0.3, 0.4) is 0 Å². The summed E-state index contributed by atoms with van der Waals surface area (Å²) in [5.41, 5.74) is 0.739. The highest BCUT2D eigenvalue weighted by Crippen LogP contribution is 2.40. The van der Waals surface area contributed by atoms with Crippen LogP contribution in [0.5, 0.6) is 11.5 Å². The number of nitrogens with zero attached hydrogens (tertiary/aromatic N) is 1. The van der Waals surface area contributed by atoms with Gasteiger partial charge in [-0.15, -0.1) is 11.3 Å². The Hall–Kier alpha value is -2.60. The molecule has 2 aromatic heterocycles. The molecule has 0 aliphatic rings. The van der Waals surface area contributed by atoms with E-state index in [9.17, 15) is 15.0 Å². The van der Waals surface area contributed by atoms with Crippen LogP contribution in [0, 0.1) is 5.92 Å². The quantitative estimate of drug-likeness (QED) is 0.633. The lowest BCUT2D eigenvalue weighted by Crippen LogP contribution is -2.32. The maximum Gasteiger partial charge on any atom is 0.223 e. The minimum Gasteiger partial charge on any atom is -0.507 e. The molecule has 0 saturated heterocycles. The highest BCUT2D eigenvalue weighted by atomic mass is 32.1. The maximum absolute atomic E-state index is 12.2. The van der Waals surface area contributed by atoms with Gasteiger partial charge in [0.05, 0.1) is 6.04 Å². The van der Waals surface area contributed by atoms with E-state index >= 15 is 0 Å². The summed E-state index contributed by atoms with van der Waals surface area (Å²) in [6, 6.07) is 8.09. The molecule has 0 aliphatic heterocycles. The summed E-state index contributed by atoms with van der Waals surface area (Å²) in [5, 5.41) is 26.3. The Morgan fingerprint density at radius 3 is 2.71 bits per heavy atom. The summed E-state index contributed by atoms with van der Waals surface area (Å²) in [6.07, 6.45) is 1.55. The summed E-state index contributed by atoms with van der Waals surface area (Å²) < 4.78 is 0. The number of rotatable bonds is 4. The standard InChI is InChI=1S/C18H18N2O3S/c1-10(2)18(23)20-15(14-6-4-8-24-14)12-9-13(21)11-5-3-7-19-16(11)17(12)22/h3-10,15,21-22H,1-2H3,(H,20,23). The Labute approximate surface area is 143 Å². The molecule has 3 N–H and O–H groups in total. The van der Waals surface area contributed by atoms with Crippen LogP contribution in [0.2, 0.25) is 0 Å². The van der Waals surface area contributed by atoms with Gasteiger partial charge in [-0.25, -0.2) is 0 Å². The summed E-state index contributed by atoms with van der Waals surface area (Å²) in [4.78, 5) is 17.2. The number of pyridine rings is 1. The molecule has 0 radical (unpaired) electrons. The molecule has 0 bridgehead atoms. The number of amides is 1. The molecule has 0 spiro atoms. The van der Waals surface area contributed by atoms with E-state index in [-0.39, 0.29) is 23.3 Å². The maximum atomic E-state index is 12.2. The molecule has 0 aliphatic carbocycles. The van der Waals surface area contributed by atoms with Crippen LogP contribution in [0.25, 0.3) is 10.9 Å². The first-order valence-corrected chi connectivity index (χ1v) is 8.50. The van der Waals surface area contributed by atoms with Gasteiger partial charge in [-0.3, -0.25) is 9.78 Å². The molecule has 1 aromatic carbocycles. The fourth-order valence-corrected chi connectivity index (χ4v) is 3.31. The number of phenolic OH excluding ortho intramolecular Hbond substituents is 2. The van der Waals surface area contributed by atoms with Crippen molar-refractivity contribution in [2.75, 3.05) is 0 Å². The zero-order chi connectivity index (χ0) is 17.3. The molecule has 0 saturated carbocycles. The monoisotopic (exact) mass is 342 g/mol. The lowest BCUT2D eigenvalue weighted by Gasteiger charge is -2.21. The van der Waals surface area contributed by atoms with Crippen molar-refractivity contribution in [1.82, 2.24) is 10.3 Å². The van der Waals surface area contributed by atoms with E-state index in [1.807, 2.05) is 17.5 Å². The van der Waals surface area contributed by atoms with E-state index in [1.54, 1.807) is 32.2 Å². The van der Waals surface area contributed by atoms with E-state index in [0.717, 1.165) is 4.88 Å². The van der Waals surface area contributed by atoms with E-state index in [4.69, 9.17) is 0 Å². The average molecular weight is 342 g/mol. The number of aromatic nitrogens is 1. The fraction of sp³-hybridized carbons (Fsp3) is 0.222. The van der Waals surface area contributed by atoms with Gasteiger partial charge in [0.25, 0.3) is 0 Å². The van der Waals surface area contributed by atoms with Crippen molar-refractivity contribution in [3.63, 3.8) is 0 Å². The number of carbonyl (C=O) groups excluding carboxylic acids is 1. The molecule has 3 aromatic rings. The van der Waals surface area contributed by atoms with Crippen molar-refractivity contribution >= 4 is 28.1 Å². The van der Waals surface area contributed by atoms with Crippen molar-refractivity contribution in [3.8, 4) is 11.5 Å². The number of benzene rings is 1. The van der Waals surface area contributed by atoms with Crippen LogP contribution in [-0.2, 0) is 4.79 Å². The normalized spacial score (nSPS) is 12.5. The van der Waals surface area contributed by atoms with Crippen molar-refractivity contribution in [1.29, 1.82) is 0 Å². The SMILES string of the molecule is CC(C)C(=O)NC(c1cccs1)c1cc(O)c2cccnc2c1O. The van der Waals surface area contributed by atoms with E-state index < -0.39 is 6.04 Å². The van der Waals surface area contributed by atoms with E-state index in [2.05, 4.69) is 10.3 Å². The zero-order valence-electron chi connectivity index (χ0n) is 13.4. The number of hydrogen-bond donors (Lipinski definition) is 3.